The largest absolute Gasteiger partial charge is 0.490 e. The standard InChI is InChI=1S/C20H21N3O7/c1-22(12-14-6-4-3-5-7-14)18(24)13-30-19(25)11-21-20(26)15-8-9-17(29-2)16(10-15)23(27)28/h3-10H,11-13H2,1-2H3,(H,21,26). The lowest BCUT2D eigenvalue weighted by Crippen LogP contribution is -2.34. The molecule has 10 heteroatoms. The van der Waals surface area contributed by atoms with Gasteiger partial charge in [-0.2, -0.15) is 0 Å². The van der Waals surface area contributed by atoms with E-state index in [-0.39, 0.29) is 17.0 Å². The van der Waals surface area contributed by atoms with Gasteiger partial charge >= 0.3 is 11.7 Å². The maximum atomic E-state index is 12.1. The highest BCUT2D eigenvalue weighted by Gasteiger charge is 2.19. The summed E-state index contributed by atoms with van der Waals surface area (Å²) in [6, 6.07) is 13.0. The summed E-state index contributed by atoms with van der Waals surface area (Å²) in [4.78, 5) is 47.7. The van der Waals surface area contributed by atoms with Crippen LogP contribution in [-0.2, 0) is 20.9 Å². The zero-order valence-electron chi connectivity index (χ0n) is 16.5. The second-order valence-electron chi connectivity index (χ2n) is 6.22. The minimum Gasteiger partial charge on any atom is -0.490 e. The maximum absolute atomic E-state index is 12.1. The number of carbonyl (C=O) groups excluding carboxylic acids is 3. The van der Waals surface area contributed by atoms with E-state index in [1.54, 1.807) is 7.05 Å². The first-order chi connectivity index (χ1) is 14.3. The Hall–Kier alpha value is -3.95. The highest BCUT2D eigenvalue weighted by Crippen LogP contribution is 2.27. The molecule has 10 nitrogen and oxygen atoms in total. The number of hydrogen-bond acceptors (Lipinski definition) is 7. The molecule has 2 aromatic carbocycles. The van der Waals surface area contributed by atoms with Crippen molar-refractivity contribution in [2.45, 2.75) is 6.54 Å². The van der Waals surface area contributed by atoms with Gasteiger partial charge in [-0.1, -0.05) is 30.3 Å². The number of nitrogens with one attached hydrogen (secondary N) is 1. The Morgan fingerprint density at radius 2 is 1.83 bits per heavy atom. The molecular formula is C20H21N3O7. The van der Waals surface area contributed by atoms with E-state index in [1.807, 2.05) is 30.3 Å². The second kappa shape index (κ2) is 10.6. The smallest absolute Gasteiger partial charge is 0.325 e. The van der Waals surface area contributed by atoms with Gasteiger partial charge in [-0.15, -0.1) is 0 Å². The summed E-state index contributed by atoms with van der Waals surface area (Å²) >= 11 is 0. The average Bonchev–Trinajstić information content (AvgIpc) is 2.75. The van der Waals surface area contributed by atoms with Gasteiger partial charge in [0.2, 0.25) is 0 Å². The predicted molar refractivity (Wildman–Crippen MR) is 106 cm³/mol. The molecule has 0 aliphatic carbocycles. The van der Waals surface area contributed by atoms with E-state index < -0.39 is 35.9 Å². The number of nitro benzene ring substituents is 1. The fourth-order valence-electron chi connectivity index (χ4n) is 2.48. The van der Waals surface area contributed by atoms with Gasteiger partial charge in [0, 0.05) is 25.2 Å². The number of likely N-dealkylation sites (N-methyl/N-ethyl adjacent to an activating group) is 1. The van der Waals surface area contributed by atoms with Gasteiger partial charge in [0.05, 0.1) is 12.0 Å². The van der Waals surface area contributed by atoms with Crippen LogP contribution in [0.4, 0.5) is 5.69 Å². The Morgan fingerprint density at radius 3 is 2.47 bits per heavy atom. The number of rotatable bonds is 9. The van der Waals surface area contributed by atoms with Gasteiger partial charge in [-0.05, 0) is 17.7 Å². The molecule has 0 saturated carbocycles. The first-order valence-corrected chi connectivity index (χ1v) is 8.86. The van der Waals surface area contributed by atoms with Crippen LogP contribution in [0.5, 0.6) is 5.75 Å². The van der Waals surface area contributed by atoms with Crippen molar-refractivity contribution < 1.29 is 28.8 Å². The number of nitrogens with zero attached hydrogens (tertiary/aromatic N) is 2. The molecular weight excluding hydrogens is 394 g/mol. The number of ether oxygens (including phenoxy) is 2. The van der Waals surface area contributed by atoms with Crippen LogP contribution in [0.25, 0.3) is 0 Å². The number of amides is 2. The van der Waals surface area contributed by atoms with Crippen molar-refractivity contribution in [1.82, 2.24) is 10.2 Å². The third kappa shape index (κ3) is 6.30. The molecule has 0 heterocycles. The summed E-state index contributed by atoms with van der Waals surface area (Å²) in [6.45, 7) is -0.593. The summed E-state index contributed by atoms with van der Waals surface area (Å²) in [5.74, 6) is -1.91. The molecule has 2 rings (SSSR count). The quantitative estimate of drug-likeness (QED) is 0.374. The molecule has 2 amide bonds. The van der Waals surface area contributed by atoms with Crippen molar-refractivity contribution in [2.24, 2.45) is 0 Å². The van der Waals surface area contributed by atoms with E-state index in [2.05, 4.69) is 5.32 Å². The fourth-order valence-corrected chi connectivity index (χ4v) is 2.48. The van der Waals surface area contributed by atoms with Crippen LogP contribution in [0.2, 0.25) is 0 Å². The molecule has 0 atom stereocenters. The van der Waals surface area contributed by atoms with Crippen molar-refractivity contribution in [3.05, 3.63) is 69.8 Å². The van der Waals surface area contributed by atoms with Crippen LogP contribution in [0.1, 0.15) is 15.9 Å². The van der Waals surface area contributed by atoms with Crippen LogP contribution >= 0.6 is 0 Å². The number of carbonyl (C=O) groups is 3. The minimum atomic E-state index is -0.812. The Labute approximate surface area is 172 Å². The van der Waals surface area contributed by atoms with Gasteiger partial charge in [-0.3, -0.25) is 24.5 Å². The molecule has 2 aromatic rings. The monoisotopic (exact) mass is 415 g/mol. The number of hydrogen-bond donors (Lipinski definition) is 1. The molecule has 0 spiro atoms. The van der Waals surface area contributed by atoms with Gasteiger partial charge in [0.25, 0.3) is 11.8 Å². The van der Waals surface area contributed by atoms with Crippen LogP contribution in [0, 0.1) is 10.1 Å². The SMILES string of the molecule is COc1ccc(C(=O)NCC(=O)OCC(=O)N(C)Cc2ccccc2)cc1[N+](=O)[O-]. The summed E-state index contributed by atoms with van der Waals surface area (Å²) < 4.78 is 9.74. The lowest BCUT2D eigenvalue weighted by molar-refractivity contribution is -0.385. The number of esters is 1. The van der Waals surface area contributed by atoms with E-state index in [9.17, 15) is 24.5 Å². The number of methoxy groups -OCH3 is 1. The highest BCUT2D eigenvalue weighted by molar-refractivity contribution is 5.96. The minimum absolute atomic E-state index is 0.00842. The van der Waals surface area contributed by atoms with Crippen molar-refractivity contribution >= 4 is 23.5 Å². The molecule has 30 heavy (non-hydrogen) atoms. The summed E-state index contributed by atoms with van der Waals surface area (Å²) in [5, 5.41) is 13.3. The number of nitro groups is 1. The Balaban J connectivity index is 1.81. The van der Waals surface area contributed by atoms with Crippen LogP contribution in [0.3, 0.4) is 0 Å². The lowest BCUT2D eigenvalue weighted by atomic mass is 10.1. The van der Waals surface area contributed by atoms with Crippen LogP contribution < -0.4 is 10.1 Å². The zero-order valence-corrected chi connectivity index (χ0v) is 16.5. The summed E-state index contributed by atoms with van der Waals surface area (Å²) in [6.07, 6.45) is 0. The van der Waals surface area contributed by atoms with Gasteiger partial charge in [0.1, 0.15) is 6.54 Å². The van der Waals surface area contributed by atoms with E-state index in [0.29, 0.717) is 6.54 Å². The first kappa shape index (κ1) is 22.3. The summed E-state index contributed by atoms with van der Waals surface area (Å²) in [5.41, 5.74) is 0.536. The molecule has 0 aliphatic rings. The Bertz CT molecular complexity index is 931. The Kier molecular flexibility index (Phi) is 7.86. The van der Waals surface area contributed by atoms with Crippen molar-refractivity contribution in [3.8, 4) is 5.75 Å². The van der Waals surface area contributed by atoms with Gasteiger partial charge in [0.15, 0.2) is 12.4 Å². The Morgan fingerprint density at radius 1 is 1.13 bits per heavy atom. The molecule has 0 aromatic heterocycles. The molecule has 0 aliphatic heterocycles. The van der Waals surface area contributed by atoms with Crippen molar-refractivity contribution in [2.75, 3.05) is 27.3 Å². The highest BCUT2D eigenvalue weighted by atomic mass is 16.6. The molecule has 158 valence electrons. The predicted octanol–water partition coefficient (Wildman–Crippen LogP) is 1.53. The van der Waals surface area contributed by atoms with Crippen molar-refractivity contribution in [1.29, 1.82) is 0 Å². The third-order valence-corrected chi connectivity index (χ3v) is 4.08. The van der Waals surface area contributed by atoms with Crippen molar-refractivity contribution in [3.63, 3.8) is 0 Å². The van der Waals surface area contributed by atoms with E-state index >= 15 is 0 Å². The first-order valence-electron chi connectivity index (χ1n) is 8.86. The van der Waals surface area contributed by atoms with E-state index in [1.165, 1.54) is 24.1 Å². The fraction of sp³-hybridized carbons (Fsp3) is 0.250. The van der Waals surface area contributed by atoms with E-state index in [4.69, 9.17) is 9.47 Å². The zero-order chi connectivity index (χ0) is 22.1. The number of benzene rings is 2. The second-order valence-corrected chi connectivity index (χ2v) is 6.22. The van der Waals surface area contributed by atoms with Gasteiger partial charge in [-0.25, -0.2) is 0 Å². The van der Waals surface area contributed by atoms with Crippen LogP contribution in [0.15, 0.2) is 48.5 Å². The molecule has 0 unspecified atom stereocenters. The normalized spacial score (nSPS) is 10.1. The van der Waals surface area contributed by atoms with Crippen LogP contribution in [-0.4, -0.2) is 54.9 Å². The van der Waals surface area contributed by atoms with E-state index in [0.717, 1.165) is 11.6 Å². The third-order valence-electron chi connectivity index (χ3n) is 4.08. The molecule has 1 N–H and O–H groups in total. The molecule has 0 bridgehead atoms. The van der Waals surface area contributed by atoms with Gasteiger partial charge < -0.3 is 19.7 Å². The lowest BCUT2D eigenvalue weighted by Gasteiger charge is -2.17. The molecule has 0 fully saturated rings. The topological polar surface area (TPSA) is 128 Å². The average molecular weight is 415 g/mol. The molecule has 0 radical (unpaired) electrons. The maximum Gasteiger partial charge on any atom is 0.325 e. The molecule has 0 saturated heterocycles. The summed E-state index contributed by atoms with van der Waals surface area (Å²) in [7, 11) is 2.86.